The van der Waals surface area contributed by atoms with Gasteiger partial charge in [0.05, 0.1) is 11.3 Å². The largest absolute Gasteiger partial charge is 0.418 e. The molecule has 1 saturated heterocycles. The summed E-state index contributed by atoms with van der Waals surface area (Å²) in [5.41, 5.74) is -0.441. The van der Waals surface area contributed by atoms with E-state index in [-0.39, 0.29) is 28.1 Å². The summed E-state index contributed by atoms with van der Waals surface area (Å²) in [5.74, 6) is 0.284. The minimum atomic E-state index is -4.65. The van der Waals surface area contributed by atoms with Gasteiger partial charge in [0.25, 0.3) is 10.0 Å². The molecule has 1 aliphatic heterocycles. The molecule has 0 amide bonds. The summed E-state index contributed by atoms with van der Waals surface area (Å²) in [4.78, 5) is 10.4. The zero-order chi connectivity index (χ0) is 24.5. The van der Waals surface area contributed by atoms with Gasteiger partial charge in [-0.15, -0.1) is 0 Å². The van der Waals surface area contributed by atoms with E-state index in [0.717, 1.165) is 25.2 Å². The van der Waals surface area contributed by atoms with Crippen molar-refractivity contribution in [1.29, 1.82) is 0 Å². The molecule has 7 nitrogen and oxygen atoms in total. The van der Waals surface area contributed by atoms with Crippen LogP contribution in [0.3, 0.4) is 0 Å². The van der Waals surface area contributed by atoms with Crippen LogP contribution < -0.4 is 14.9 Å². The molecule has 0 saturated carbocycles. The molecule has 2 N–H and O–H groups in total. The van der Waals surface area contributed by atoms with E-state index in [0.29, 0.717) is 17.9 Å². The van der Waals surface area contributed by atoms with Crippen molar-refractivity contribution >= 4 is 21.7 Å². The first kappa shape index (κ1) is 24.0. The lowest BCUT2D eigenvalue weighted by Gasteiger charge is -2.35. The number of alkyl halides is 3. The first-order chi connectivity index (χ1) is 16.1. The van der Waals surface area contributed by atoms with Crippen molar-refractivity contribution in [2.75, 3.05) is 29.3 Å². The maximum absolute atomic E-state index is 13.7. The molecule has 180 valence electrons. The highest BCUT2D eigenvalue weighted by Crippen LogP contribution is 2.38. The third-order valence-corrected chi connectivity index (χ3v) is 6.88. The lowest BCUT2D eigenvalue weighted by molar-refractivity contribution is -0.137. The van der Waals surface area contributed by atoms with Crippen LogP contribution in [-0.2, 0) is 16.2 Å². The number of pyridine rings is 2. The van der Waals surface area contributed by atoms with E-state index in [2.05, 4.69) is 20.0 Å². The fourth-order valence-electron chi connectivity index (χ4n) is 3.87. The predicted octanol–water partition coefficient (Wildman–Crippen LogP) is 4.07. The van der Waals surface area contributed by atoms with E-state index in [9.17, 15) is 21.6 Å². The fraction of sp³-hybridized carbons (Fsp3) is 0.304. The second-order valence-corrected chi connectivity index (χ2v) is 9.72. The second-order valence-electron chi connectivity index (χ2n) is 8.09. The predicted molar refractivity (Wildman–Crippen MR) is 124 cm³/mol. The van der Waals surface area contributed by atoms with Crippen LogP contribution in [0, 0.1) is 6.92 Å². The Hall–Kier alpha value is -3.18. The Morgan fingerprint density at radius 2 is 1.82 bits per heavy atom. The van der Waals surface area contributed by atoms with Crippen molar-refractivity contribution in [3.8, 4) is 11.3 Å². The van der Waals surface area contributed by atoms with Crippen LogP contribution >= 0.6 is 0 Å². The van der Waals surface area contributed by atoms with E-state index in [1.54, 1.807) is 37.3 Å². The topological polar surface area (TPSA) is 87.2 Å². The van der Waals surface area contributed by atoms with Gasteiger partial charge in [0.2, 0.25) is 0 Å². The molecular weight excluding hydrogens is 467 g/mol. The minimum absolute atomic E-state index is 0.125. The number of hydrogen-bond acceptors (Lipinski definition) is 6. The third-order valence-electron chi connectivity index (χ3n) is 5.62. The Morgan fingerprint density at radius 1 is 1.06 bits per heavy atom. The lowest BCUT2D eigenvalue weighted by Crippen LogP contribution is -2.50. The average Bonchev–Trinajstić information content (AvgIpc) is 2.79. The number of aromatic nitrogens is 2. The Kier molecular flexibility index (Phi) is 6.50. The maximum atomic E-state index is 13.7. The first-order valence-corrected chi connectivity index (χ1v) is 12.2. The van der Waals surface area contributed by atoms with E-state index >= 15 is 0 Å². The van der Waals surface area contributed by atoms with Crippen molar-refractivity contribution in [3.63, 3.8) is 0 Å². The van der Waals surface area contributed by atoms with Gasteiger partial charge >= 0.3 is 6.18 Å². The number of anilines is 2. The number of rotatable bonds is 5. The van der Waals surface area contributed by atoms with E-state index in [1.165, 1.54) is 12.1 Å². The van der Waals surface area contributed by atoms with Gasteiger partial charge in [0.15, 0.2) is 5.03 Å². The van der Waals surface area contributed by atoms with Crippen molar-refractivity contribution in [1.82, 2.24) is 15.3 Å². The Bertz CT molecular complexity index is 1300. The Labute approximate surface area is 196 Å². The van der Waals surface area contributed by atoms with E-state index in [4.69, 9.17) is 0 Å². The van der Waals surface area contributed by atoms with E-state index in [1.807, 2.05) is 11.8 Å². The smallest absolute Gasteiger partial charge is 0.351 e. The van der Waals surface area contributed by atoms with Gasteiger partial charge < -0.3 is 10.2 Å². The molecule has 1 aliphatic rings. The van der Waals surface area contributed by atoms with E-state index < -0.39 is 21.8 Å². The number of hydrogen-bond donors (Lipinski definition) is 2. The number of nitrogens with one attached hydrogen (secondary N) is 2. The van der Waals surface area contributed by atoms with Gasteiger partial charge in [-0.3, -0.25) is 4.72 Å². The number of aryl methyl sites for hydroxylation is 1. The van der Waals surface area contributed by atoms with Gasteiger partial charge in [-0.25, -0.2) is 9.97 Å². The highest BCUT2D eigenvalue weighted by Gasteiger charge is 2.35. The van der Waals surface area contributed by atoms with Gasteiger partial charge in [-0.1, -0.05) is 30.3 Å². The van der Waals surface area contributed by atoms with Gasteiger partial charge in [0, 0.05) is 31.2 Å². The van der Waals surface area contributed by atoms with Crippen molar-refractivity contribution in [2.45, 2.75) is 31.1 Å². The summed E-state index contributed by atoms with van der Waals surface area (Å²) in [6.45, 7) is 5.84. The number of benzene rings is 1. The van der Waals surface area contributed by atoms with Crippen molar-refractivity contribution in [3.05, 3.63) is 65.7 Å². The average molecular weight is 492 g/mol. The van der Waals surface area contributed by atoms with Crippen LogP contribution in [-0.4, -0.2) is 44.1 Å². The fourth-order valence-corrected chi connectivity index (χ4v) is 4.84. The summed E-state index contributed by atoms with van der Waals surface area (Å²) in [6, 6.07) is 13.1. The number of halogens is 3. The molecule has 0 radical (unpaired) electrons. The molecule has 3 aromatic rings. The van der Waals surface area contributed by atoms with Crippen LogP contribution in [0.15, 0.2) is 59.6 Å². The molecular formula is C23H24F3N5O2S. The number of nitrogens with zero attached hydrogens (tertiary/aromatic N) is 3. The molecule has 4 rings (SSSR count). The number of sulfonamides is 1. The molecule has 0 aliphatic carbocycles. The number of piperazine rings is 1. The summed E-state index contributed by atoms with van der Waals surface area (Å²) in [6.07, 6.45) is -4.65. The highest BCUT2D eigenvalue weighted by atomic mass is 32.2. The summed E-state index contributed by atoms with van der Waals surface area (Å²) < 4.78 is 69.3. The van der Waals surface area contributed by atoms with Crippen LogP contribution in [0.5, 0.6) is 0 Å². The molecule has 1 aromatic carbocycles. The van der Waals surface area contributed by atoms with Gasteiger partial charge in [-0.2, -0.15) is 21.6 Å². The Morgan fingerprint density at radius 3 is 2.53 bits per heavy atom. The standard InChI is InChI=1S/C23H24F3N5O2S/c1-15-6-3-4-7-17(15)22-18(23(24,25)26)10-11-19(28-22)30-34(32,33)21-9-5-8-20(29-21)31-13-12-27-14-16(31)2/h3-11,16,27H,12-14H2,1-2H3,(H,28,30)/t16-/m1/s1. The van der Waals surface area contributed by atoms with Crippen molar-refractivity contribution < 1.29 is 21.6 Å². The highest BCUT2D eigenvalue weighted by molar-refractivity contribution is 7.92. The molecule has 0 bridgehead atoms. The van der Waals surface area contributed by atoms with Gasteiger partial charge in [0.1, 0.15) is 11.6 Å². The molecule has 1 fully saturated rings. The van der Waals surface area contributed by atoms with Gasteiger partial charge in [-0.05, 0) is 43.7 Å². The van der Waals surface area contributed by atoms with Crippen LogP contribution in [0.4, 0.5) is 24.8 Å². The molecule has 2 aromatic heterocycles. The third kappa shape index (κ3) is 5.00. The SMILES string of the molecule is Cc1ccccc1-c1nc(NS(=O)(=O)c2cccc(N3CCNC[C@H]3C)n2)ccc1C(F)(F)F. The van der Waals surface area contributed by atoms with Crippen LogP contribution in [0.2, 0.25) is 0 Å². The van der Waals surface area contributed by atoms with Crippen molar-refractivity contribution in [2.24, 2.45) is 0 Å². The molecule has 11 heteroatoms. The van der Waals surface area contributed by atoms with Crippen LogP contribution in [0.25, 0.3) is 11.3 Å². The quantitative estimate of drug-likeness (QED) is 0.560. The molecule has 0 unspecified atom stereocenters. The summed E-state index contributed by atoms with van der Waals surface area (Å²) in [7, 11) is -4.20. The molecule has 0 spiro atoms. The zero-order valence-electron chi connectivity index (χ0n) is 18.6. The summed E-state index contributed by atoms with van der Waals surface area (Å²) in [5, 5.41) is 3.02. The molecule has 1 atom stereocenters. The normalized spacial score (nSPS) is 17.0. The Balaban J connectivity index is 1.69. The minimum Gasteiger partial charge on any atom is -0.351 e. The lowest BCUT2D eigenvalue weighted by atomic mass is 10.0. The maximum Gasteiger partial charge on any atom is 0.418 e. The second kappa shape index (κ2) is 9.22. The first-order valence-electron chi connectivity index (χ1n) is 10.7. The van der Waals surface area contributed by atoms with Crippen LogP contribution in [0.1, 0.15) is 18.1 Å². The zero-order valence-corrected chi connectivity index (χ0v) is 19.4. The molecule has 34 heavy (non-hydrogen) atoms. The molecule has 3 heterocycles. The monoisotopic (exact) mass is 491 g/mol. The summed E-state index contributed by atoms with van der Waals surface area (Å²) >= 11 is 0.